The molecule has 21 heavy (non-hydrogen) atoms. The summed E-state index contributed by atoms with van der Waals surface area (Å²) >= 11 is 2.39. The van der Waals surface area contributed by atoms with Gasteiger partial charge in [0.2, 0.25) is 0 Å². The number of aryl methyl sites for hydroxylation is 1. The summed E-state index contributed by atoms with van der Waals surface area (Å²) in [5, 5.41) is 0. The molecule has 116 valence electrons. The third-order valence-electron chi connectivity index (χ3n) is 4.43. The summed E-state index contributed by atoms with van der Waals surface area (Å²) in [5.41, 5.74) is 1.41. The molecule has 2 heteroatoms. The van der Waals surface area contributed by atoms with Gasteiger partial charge in [0.05, 0.1) is 12.2 Å². The van der Waals surface area contributed by atoms with E-state index in [4.69, 9.17) is 4.74 Å². The van der Waals surface area contributed by atoms with Gasteiger partial charge in [-0.15, -0.1) is 0 Å². The van der Waals surface area contributed by atoms with Crippen LogP contribution in [0.4, 0.5) is 0 Å². The van der Waals surface area contributed by atoms with Gasteiger partial charge in [-0.2, -0.15) is 0 Å². The van der Waals surface area contributed by atoms with Crippen molar-refractivity contribution in [3.8, 4) is 0 Å². The maximum Gasteiger partial charge on any atom is 0.0655 e. The molecule has 0 aromatic heterocycles. The first-order chi connectivity index (χ1) is 10.2. The molecule has 0 saturated carbocycles. The fraction of sp³-hybridized carbons (Fsp3) is 0.579. The molecule has 0 amide bonds. The van der Waals surface area contributed by atoms with Gasteiger partial charge in [-0.25, -0.2) is 0 Å². The van der Waals surface area contributed by atoms with Crippen molar-refractivity contribution >= 4 is 22.6 Å². The van der Waals surface area contributed by atoms with Crippen LogP contribution < -0.4 is 0 Å². The minimum atomic E-state index is 0.362. The summed E-state index contributed by atoms with van der Waals surface area (Å²) in [6, 6.07) is 10.7. The van der Waals surface area contributed by atoms with Crippen LogP contribution in [0.2, 0.25) is 0 Å². The van der Waals surface area contributed by atoms with Crippen molar-refractivity contribution < 1.29 is 4.74 Å². The molecular formula is C19H27IO. The highest BCUT2D eigenvalue weighted by atomic mass is 127. The third kappa shape index (κ3) is 5.41. The van der Waals surface area contributed by atoms with Gasteiger partial charge in [0.1, 0.15) is 0 Å². The van der Waals surface area contributed by atoms with Gasteiger partial charge in [0.25, 0.3) is 0 Å². The maximum atomic E-state index is 6.34. The monoisotopic (exact) mass is 398 g/mol. The lowest BCUT2D eigenvalue weighted by Crippen LogP contribution is -2.17. The van der Waals surface area contributed by atoms with Crippen LogP contribution in [0.25, 0.3) is 0 Å². The fourth-order valence-corrected chi connectivity index (χ4v) is 3.85. The smallest absolute Gasteiger partial charge is 0.0655 e. The molecule has 1 fully saturated rings. The van der Waals surface area contributed by atoms with E-state index in [1.807, 2.05) is 0 Å². The lowest BCUT2D eigenvalue weighted by Gasteiger charge is -2.18. The van der Waals surface area contributed by atoms with E-state index >= 15 is 0 Å². The van der Waals surface area contributed by atoms with Crippen LogP contribution in [0, 0.1) is 5.92 Å². The van der Waals surface area contributed by atoms with Crippen molar-refractivity contribution in [1.82, 2.24) is 0 Å². The highest BCUT2D eigenvalue weighted by molar-refractivity contribution is 14.1. The number of hydrogen-bond donors (Lipinski definition) is 0. The van der Waals surface area contributed by atoms with Crippen molar-refractivity contribution in [2.45, 2.75) is 64.1 Å². The van der Waals surface area contributed by atoms with Gasteiger partial charge < -0.3 is 4.74 Å². The Labute approximate surface area is 143 Å². The van der Waals surface area contributed by atoms with Crippen molar-refractivity contribution in [3.63, 3.8) is 0 Å². The Hall–Kier alpha value is -0.350. The Bertz CT molecular complexity index is 428. The Morgan fingerprint density at radius 2 is 2.00 bits per heavy atom. The molecule has 1 aliphatic heterocycles. The second kappa shape index (κ2) is 8.94. The Morgan fingerprint density at radius 1 is 1.24 bits per heavy atom. The molecule has 1 aliphatic rings. The number of rotatable bonds is 8. The minimum absolute atomic E-state index is 0.362. The Kier molecular flexibility index (Phi) is 7.24. The van der Waals surface area contributed by atoms with E-state index in [2.05, 4.69) is 66.4 Å². The lowest BCUT2D eigenvalue weighted by molar-refractivity contribution is 0.0288. The SMILES string of the molecule is C=C(I)[C@@H]1C[C@H](CCCCC)O[C@@H]1CCc1ccccc1. The van der Waals surface area contributed by atoms with E-state index in [-0.39, 0.29) is 0 Å². The van der Waals surface area contributed by atoms with E-state index in [1.54, 1.807) is 0 Å². The van der Waals surface area contributed by atoms with Crippen LogP contribution in [0.1, 0.15) is 51.0 Å². The van der Waals surface area contributed by atoms with Crippen molar-refractivity contribution in [1.29, 1.82) is 0 Å². The van der Waals surface area contributed by atoms with Crippen LogP contribution in [-0.4, -0.2) is 12.2 Å². The average molecular weight is 398 g/mol. The molecule has 0 radical (unpaired) electrons. The van der Waals surface area contributed by atoms with Crippen LogP contribution in [0.3, 0.4) is 0 Å². The van der Waals surface area contributed by atoms with Crippen molar-refractivity contribution in [2.24, 2.45) is 5.92 Å². The number of benzene rings is 1. The highest BCUT2D eigenvalue weighted by Gasteiger charge is 2.35. The highest BCUT2D eigenvalue weighted by Crippen LogP contribution is 2.38. The molecule has 1 heterocycles. The summed E-state index contributed by atoms with van der Waals surface area (Å²) in [6.07, 6.45) is 9.33. The summed E-state index contributed by atoms with van der Waals surface area (Å²) in [4.78, 5) is 0. The standard InChI is InChI=1S/C19H27IO/c1-3-4-6-11-17-14-18(15(2)20)19(21-17)13-12-16-9-7-5-8-10-16/h5,7-10,17-19H,2-4,6,11-14H2,1H3/t17-,18-,19+/m0/s1. The zero-order valence-electron chi connectivity index (χ0n) is 13.1. The molecular weight excluding hydrogens is 371 g/mol. The summed E-state index contributed by atoms with van der Waals surface area (Å²) in [5.74, 6) is 0.543. The van der Waals surface area contributed by atoms with Crippen LogP contribution >= 0.6 is 22.6 Å². The van der Waals surface area contributed by atoms with Gasteiger partial charge in [0, 0.05) is 5.92 Å². The Morgan fingerprint density at radius 3 is 2.67 bits per heavy atom. The van der Waals surface area contributed by atoms with Gasteiger partial charge in [-0.1, -0.05) is 63.1 Å². The Balaban J connectivity index is 1.85. The van der Waals surface area contributed by atoms with Crippen LogP contribution in [0.15, 0.2) is 40.5 Å². The van der Waals surface area contributed by atoms with Gasteiger partial charge in [-0.05, 0) is 57.4 Å². The lowest BCUT2D eigenvalue weighted by atomic mass is 9.94. The number of ether oxygens (including phenoxy) is 1. The minimum Gasteiger partial charge on any atom is -0.374 e. The van der Waals surface area contributed by atoms with Gasteiger partial charge >= 0.3 is 0 Å². The predicted molar refractivity (Wildman–Crippen MR) is 98.8 cm³/mol. The first kappa shape index (κ1) is 17.0. The molecule has 1 nitrogen and oxygen atoms in total. The number of hydrogen-bond acceptors (Lipinski definition) is 1. The molecule has 2 rings (SSSR count). The zero-order chi connectivity index (χ0) is 15.1. The molecule has 1 saturated heterocycles. The third-order valence-corrected chi connectivity index (χ3v) is 5.23. The first-order valence-electron chi connectivity index (χ1n) is 8.24. The number of unbranched alkanes of at least 4 members (excludes halogenated alkanes) is 2. The second-order valence-corrected chi connectivity index (χ2v) is 7.49. The second-order valence-electron chi connectivity index (χ2n) is 6.11. The zero-order valence-corrected chi connectivity index (χ0v) is 15.2. The molecule has 0 aliphatic carbocycles. The molecule has 0 N–H and O–H groups in total. The summed E-state index contributed by atoms with van der Waals surface area (Å²) in [7, 11) is 0. The van der Waals surface area contributed by atoms with E-state index in [0.717, 1.165) is 12.8 Å². The molecule has 1 aromatic rings. The van der Waals surface area contributed by atoms with Gasteiger partial charge in [-0.3, -0.25) is 0 Å². The predicted octanol–water partition coefficient (Wildman–Crippen LogP) is 5.92. The van der Waals surface area contributed by atoms with Crippen LogP contribution in [0.5, 0.6) is 0 Å². The number of halogens is 1. The van der Waals surface area contributed by atoms with Crippen molar-refractivity contribution in [2.75, 3.05) is 0 Å². The quantitative estimate of drug-likeness (QED) is 0.390. The van der Waals surface area contributed by atoms with E-state index in [9.17, 15) is 0 Å². The van der Waals surface area contributed by atoms with E-state index in [0.29, 0.717) is 18.1 Å². The molecule has 3 atom stereocenters. The molecule has 0 unspecified atom stereocenters. The van der Waals surface area contributed by atoms with Gasteiger partial charge in [0.15, 0.2) is 0 Å². The maximum absolute atomic E-state index is 6.34. The molecule has 1 aromatic carbocycles. The van der Waals surface area contributed by atoms with E-state index < -0.39 is 0 Å². The molecule has 0 spiro atoms. The first-order valence-corrected chi connectivity index (χ1v) is 9.32. The van der Waals surface area contributed by atoms with Crippen LogP contribution in [-0.2, 0) is 11.2 Å². The summed E-state index contributed by atoms with van der Waals surface area (Å²) < 4.78 is 7.61. The average Bonchev–Trinajstić information content (AvgIpc) is 2.90. The topological polar surface area (TPSA) is 9.23 Å². The largest absolute Gasteiger partial charge is 0.374 e. The summed E-state index contributed by atoms with van der Waals surface area (Å²) in [6.45, 7) is 6.44. The molecule has 0 bridgehead atoms. The van der Waals surface area contributed by atoms with E-state index in [1.165, 1.54) is 41.2 Å². The normalized spacial score (nSPS) is 25.1. The van der Waals surface area contributed by atoms with Crippen molar-refractivity contribution in [3.05, 3.63) is 46.1 Å². The fourth-order valence-electron chi connectivity index (χ4n) is 3.19.